The lowest BCUT2D eigenvalue weighted by atomic mass is 10.1. The third-order valence-electron chi connectivity index (χ3n) is 3.67. The van der Waals surface area contributed by atoms with E-state index in [0.717, 1.165) is 26.2 Å². The lowest BCUT2D eigenvalue weighted by Crippen LogP contribution is -2.50. The number of halogens is 1. The summed E-state index contributed by atoms with van der Waals surface area (Å²) in [6, 6.07) is 5.35. The molecule has 5 heteroatoms. The maximum absolute atomic E-state index is 5.98. The minimum Gasteiger partial charge on any atom is -0.329 e. The Bertz CT molecular complexity index is 372. The molecule has 102 valence electrons. The SMILES string of the molecule is CC(C)N1CCN(C(CN)c2ccc(Br)s2)CC1. The Morgan fingerprint density at radius 3 is 2.28 bits per heavy atom. The van der Waals surface area contributed by atoms with E-state index in [2.05, 4.69) is 51.7 Å². The number of piperazine rings is 1. The first kappa shape index (κ1) is 14.5. The highest BCUT2D eigenvalue weighted by Crippen LogP contribution is 2.30. The molecule has 2 heterocycles. The molecule has 1 fully saturated rings. The van der Waals surface area contributed by atoms with Crippen LogP contribution < -0.4 is 5.73 Å². The zero-order chi connectivity index (χ0) is 13.1. The summed E-state index contributed by atoms with van der Waals surface area (Å²) in [6.45, 7) is 9.79. The first-order valence-corrected chi connectivity index (χ1v) is 8.16. The molecule has 0 amide bonds. The Balaban J connectivity index is 1.98. The van der Waals surface area contributed by atoms with E-state index in [-0.39, 0.29) is 0 Å². The molecular formula is C13H22BrN3S. The van der Waals surface area contributed by atoms with Gasteiger partial charge in [-0.15, -0.1) is 11.3 Å². The predicted molar refractivity (Wildman–Crippen MR) is 82.1 cm³/mol. The molecule has 1 atom stereocenters. The minimum absolute atomic E-state index is 0.385. The topological polar surface area (TPSA) is 32.5 Å². The average molecular weight is 332 g/mol. The number of rotatable bonds is 4. The molecule has 1 aromatic heterocycles. The molecule has 1 unspecified atom stereocenters. The van der Waals surface area contributed by atoms with Crippen molar-refractivity contribution >= 4 is 27.3 Å². The highest BCUT2D eigenvalue weighted by Gasteiger charge is 2.25. The van der Waals surface area contributed by atoms with Gasteiger partial charge < -0.3 is 5.73 Å². The third-order valence-corrected chi connectivity index (χ3v) is 5.39. The lowest BCUT2D eigenvalue weighted by molar-refractivity contribution is 0.0813. The van der Waals surface area contributed by atoms with Gasteiger partial charge in [0.25, 0.3) is 0 Å². The van der Waals surface area contributed by atoms with Gasteiger partial charge in [-0.2, -0.15) is 0 Å². The van der Waals surface area contributed by atoms with Gasteiger partial charge in [0.1, 0.15) is 0 Å². The maximum Gasteiger partial charge on any atom is 0.0702 e. The second-order valence-corrected chi connectivity index (χ2v) is 7.55. The highest BCUT2D eigenvalue weighted by atomic mass is 79.9. The summed E-state index contributed by atoms with van der Waals surface area (Å²) in [5, 5.41) is 0. The summed E-state index contributed by atoms with van der Waals surface area (Å²) >= 11 is 5.34. The molecule has 18 heavy (non-hydrogen) atoms. The average Bonchev–Trinajstić information content (AvgIpc) is 2.77. The van der Waals surface area contributed by atoms with Crippen LogP contribution in [-0.2, 0) is 0 Å². The number of hydrogen-bond acceptors (Lipinski definition) is 4. The van der Waals surface area contributed by atoms with Crippen LogP contribution in [0.1, 0.15) is 24.8 Å². The van der Waals surface area contributed by atoms with E-state index >= 15 is 0 Å². The third kappa shape index (κ3) is 3.33. The van der Waals surface area contributed by atoms with Crippen molar-refractivity contribution in [2.24, 2.45) is 5.73 Å². The molecule has 2 rings (SSSR count). The van der Waals surface area contributed by atoms with Crippen LogP contribution in [0.5, 0.6) is 0 Å². The Morgan fingerprint density at radius 1 is 1.22 bits per heavy atom. The summed E-state index contributed by atoms with van der Waals surface area (Å²) in [7, 11) is 0. The lowest BCUT2D eigenvalue weighted by Gasteiger charge is -2.40. The van der Waals surface area contributed by atoms with Crippen LogP contribution in [0.15, 0.2) is 15.9 Å². The zero-order valence-corrected chi connectivity index (χ0v) is 13.5. The van der Waals surface area contributed by atoms with Gasteiger partial charge in [0, 0.05) is 43.6 Å². The van der Waals surface area contributed by atoms with Crippen molar-refractivity contribution in [2.45, 2.75) is 25.9 Å². The fraction of sp³-hybridized carbons (Fsp3) is 0.692. The molecule has 1 aromatic rings. The van der Waals surface area contributed by atoms with Crippen LogP contribution in [0.3, 0.4) is 0 Å². The molecule has 1 aliphatic heterocycles. The quantitative estimate of drug-likeness (QED) is 0.920. The number of thiophene rings is 1. The molecule has 1 aliphatic rings. The summed E-state index contributed by atoms with van der Waals surface area (Å²) < 4.78 is 1.19. The van der Waals surface area contributed by atoms with Crippen molar-refractivity contribution < 1.29 is 0 Å². The number of hydrogen-bond donors (Lipinski definition) is 1. The van der Waals surface area contributed by atoms with Crippen LogP contribution >= 0.6 is 27.3 Å². The molecule has 0 bridgehead atoms. The Hall–Kier alpha value is 0.0600. The Labute approximate surface area is 122 Å². The van der Waals surface area contributed by atoms with E-state index in [4.69, 9.17) is 5.73 Å². The second kappa shape index (κ2) is 6.48. The van der Waals surface area contributed by atoms with Crippen LogP contribution in [0.4, 0.5) is 0 Å². The smallest absolute Gasteiger partial charge is 0.0702 e. The van der Waals surface area contributed by atoms with E-state index in [0.29, 0.717) is 18.6 Å². The fourth-order valence-corrected chi connectivity index (χ4v) is 4.09. The van der Waals surface area contributed by atoms with E-state index in [9.17, 15) is 0 Å². The van der Waals surface area contributed by atoms with Gasteiger partial charge in [-0.1, -0.05) is 0 Å². The summed E-state index contributed by atoms with van der Waals surface area (Å²) in [5.74, 6) is 0. The van der Waals surface area contributed by atoms with Crippen molar-refractivity contribution in [3.8, 4) is 0 Å². The van der Waals surface area contributed by atoms with Crippen molar-refractivity contribution in [2.75, 3.05) is 32.7 Å². The number of nitrogens with zero attached hydrogens (tertiary/aromatic N) is 2. The van der Waals surface area contributed by atoms with Crippen LogP contribution in [-0.4, -0.2) is 48.6 Å². The first-order chi connectivity index (χ1) is 8.61. The van der Waals surface area contributed by atoms with Gasteiger partial charge in [-0.3, -0.25) is 9.80 Å². The molecule has 0 saturated carbocycles. The molecule has 0 spiro atoms. The van der Waals surface area contributed by atoms with Crippen LogP contribution in [0.25, 0.3) is 0 Å². The Morgan fingerprint density at radius 2 is 1.83 bits per heavy atom. The van der Waals surface area contributed by atoms with E-state index in [1.165, 1.54) is 8.66 Å². The van der Waals surface area contributed by atoms with Crippen molar-refractivity contribution in [1.29, 1.82) is 0 Å². The second-order valence-electron chi connectivity index (χ2n) is 5.06. The van der Waals surface area contributed by atoms with Gasteiger partial charge in [-0.25, -0.2) is 0 Å². The fourth-order valence-electron chi connectivity index (χ4n) is 2.52. The van der Waals surface area contributed by atoms with Crippen molar-refractivity contribution in [3.05, 3.63) is 20.8 Å². The van der Waals surface area contributed by atoms with Gasteiger partial charge in [0.2, 0.25) is 0 Å². The summed E-state index contributed by atoms with van der Waals surface area (Å²) in [6.07, 6.45) is 0. The van der Waals surface area contributed by atoms with Crippen molar-refractivity contribution in [1.82, 2.24) is 9.80 Å². The predicted octanol–water partition coefficient (Wildman–Crippen LogP) is 2.54. The molecule has 0 aliphatic carbocycles. The normalized spacial score (nSPS) is 20.5. The largest absolute Gasteiger partial charge is 0.329 e. The van der Waals surface area contributed by atoms with Gasteiger partial charge in [0.15, 0.2) is 0 Å². The van der Waals surface area contributed by atoms with Crippen LogP contribution in [0.2, 0.25) is 0 Å². The standard InChI is InChI=1S/C13H22BrN3S/c1-10(2)16-5-7-17(8-6-16)11(9-15)12-3-4-13(14)18-12/h3-4,10-11H,5-9,15H2,1-2H3. The molecule has 0 aromatic carbocycles. The summed E-state index contributed by atoms with van der Waals surface area (Å²) in [4.78, 5) is 6.44. The first-order valence-electron chi connectivity index (χ1n) is 6.55. The van der Waals surface area contributed by atoms with E-state index in [1.54, 1.807) is 11.3 Å². The molecule has 3 nitrogen and oxygen atoms in total. The highest BCUT2D eigenvalue weighted by molar-refractivity contribution is 9.11. The molecule has 0 radical (unpaired) electrons. The summed E-state index contributed by atoms with van der Waals surface area (Å²) in [5.41, 5.74) is 5.98. The maximum atomic E-state index is 5.98. The zero-order valence-electron chi connectivity index (χ0n) is 11.1. The van der Waals surface area contributed by atoms with Crippen molar-refractivity contribution in [3.63, 3.8) is 0 Å². The number of nitrogens with two attached hydrogens (primary N) is 1. The minimum atomic E-state index is 0.385. The Kier molecular flexibility index (Phi) is 5.21. The van der Waals surface area contributed by atoms with Gasteiger partial charge >= 0.3 is 0 Å². The van der Waals surface area contributed by atoms with Gasteiger partial charge in [-0.05, 0) is 41.9 Å². The van der Waals surface area contributed by atoms with E-state index < -0.39 is 0 Å². The van der Waals surface area contributed by atoms with Gasteiger partial charge in [0.05, 0.1) is 9.83 Å². The monoisotopic (exact) mass is 331 g/mol. The molecule has 2 N–H and O–H groups in total. The molecule has 1 saturated heterocycles. The molecular weight excluding hydrogens is 310 g/mol. The van der Waals surface area contributed by atoms with E-state index in [1.807, 2.05) is 0 Å². The van der Waals surface area contributed by atoms with Crippen LogP contribution in [0, 0.1) is 0 Å².